The smallest absolute Gasteiger partial charge is 0.382 e. The van der Waals surface area contributed by atoms with Gasteiger partial charge in [0.15, 0.2) is 0 Å². The van der Waals surface area contributed by atoms with E-state index in [1.54, 1.807) is 0 Å². The second kappa shape index (κ2) is 6.43. The van der Waals surface area contributed by atoms with Crippen molar-refractivity contribution in [1.29, 1.82) is 0 Å². The molecule has 0 heterocycles. The molecule has 6 heteroatoms. The lowest BCUT2D eigenvalue weighted by Gasteiger charge is -2.25. The summed E-state index contributed by atoms with van der Waals surface area (Å²) in [4.78, 5) is 0. The SMILES string of the molecule is CC(C)(CCCN)CNc1ccc(C(F)(F)F)cc1F. The van der Waals surface area contributed by atoms with Crippen LogP contribution in [-0.4, -0.2) is 13.1 Å². The fraction of sp³-hybridized carbons (Fsp3) is 0.571. The topological polar surface area (TPSA) is 38.0 Å². The van der Waals surface area contributed by atoms with Crippen molar-refractivity contribution >= 4 is 5.69 Å². The van der Waals surface area contributed by atoms with Gasteiger partial charge in [0.1, 0.15) is 5.82 Å². The molecule has 0 spiro atoms. The van der Waals surface area contributed by atoms with Gasteiger partial charge >= 0.3 is 6.18 Å². The van der Waals surface area contributed by atoms with Gasteiger partial charge in [-0.15, -0.1) is 0 Å². The van der Waals surface area contributed by atoms with Crippen LogP contribution in [0.15, 0.2) is 18.2 Å². The van der Waals surface area contributed by atoms with Crippen molar-refractivity contribution < 1.29 is 17.6 Å². The maximum Gasteiger partial charge on any atom is 0.416 e. The van der Waals surface area contributed by atoms with E-state index in [0.29, 0.717) is 19.2 Å². The summed E-state index contributed by atoms with van der Waals surface area (Å²) >= 11 is 0. The highest BCUT2D eigenvalue weighted by Crippen LogP contribution is 2.31. The largest absolute Gasteiger partial charge is 0.416 e. The molecule has 0 saturated heterocycles. The zero-order valence-corrected chi connectivity index (χ0v) is 11.6. The molecular weight excluding hydrogens is 272 g/mol. The summed E-state index contributed by atoms with van der Waals surface area (Å²) in [5.74, 6) is -0.894. The Kier molecular flexibility index (Phi) is 5.39. The Morgan fingerprint density at radius 1 is 1.20 bits per heavy atom. The first kappa shape index (κ1) is 16.8. The van der Waals surface area contributed by atoms with Crippen LogP contribution in [0.25, 0.3) is 0 Å². The van der Waals surface area contributed by atoms with Gasteiger partial charge in [0, 0.05) is 6.54 Å². The molecule has 1 aromatic rings. The second-order valence-corrected chi connectivity index (χ2v) is 5.60. The van der Waals surface area contributed by atoms with Gasteiger partial charge in [0.25, 0.3) is 0 Å². The van der Waals surface area contributed by atoms with Crippen LogP contribution in [-0.2, 0) is 6.18 Å². The highest BCUT2D eigenvalue weighted by molar-refractivity contribution is 5.47. The number of hydrogen-bond acceptors (Lipinski definition) is 2. The van der Waals surface area contributed by atoms with Gasteiger partial charge in [-0.2, -0.15) is 13.2 Å². The van der Waals surface area contributed by atoms with E-state index in [1.807, 2.05) is 13.8 Å². The maximum absolute atomic E-state index is 13.6. The Hall–Kier alpha value is -1.30. The van der Waals surface area contributed by atoms with Crippen molar-refractivity contribution in [2.75, 3.05) is 18.4 Å². The van der Waals surface area contributed by atoms with Crippen LogP contribution in [0.1, 0.15) is 32.3 Å². The summed E-state index contributed by atoms with van der Waals surface area (Å²) in [7, 11) is 0. The molecule has 0 aromatic heterocycles. The normalized spacial score (nSPS) is 12.6. The zero-order valence-electron chi connectivity index (χ0n) is 11.6. The fourth-order valence-corrected chi connectivity index (χ4v) is 1.84. The predicted molar refractivity (Wildman–Crippen MR) is 72.0 cm³/mol. The van der Waals surface area contributed by atoms with E-state index in [9.17, 15) is 17.6 Å². The highest BCUT2D eigenvalue weighted by atomic mass is 19.4. The Bertz CT molecular complexity index is 441. The number of nitrogens with two attached hydrogens (primary N) is 1. The summed E-state index contributed by atoms with van der Waals surface area (Å²) in [6, 6.07) is 2.50. The Morgan fingerprint density at radius 3 is 2.35 bits per heavy atom. The number of halogens is 4. The van der Waals surface area contributed by atoms with Crippen LogP contribution in [0.4, 0.5) is 23.2 Å². The number of hydrogen-bond donors (Lipinski definition) is 2. The molecule has 0 radical (unpaired) electrons. The third kappa shape index (κ3) is 5.00. The van der Waals surface area contributed by atoms with E-state index in [2.05, 4.69) is 5.32 Å². The second-order valence-electron chi connectivity index (χ2n) is 5.60. The molecular formula is C14H20F4N2. The van der Waals surface area contributed by atoms with Crippen LogP contribution in [0.3, 0.4) is 0 Å². The van der Waals surface area contributed by atoms with E-state index in [-0.39, 0.29) is 11.1 Å². The van der Waals surface area contributed by atoms with Crippen molar-refractivity contribution in [3.05, 3.63) is 29.6 Å². The molecule has 1 rings (SSSR count). The molecule has 0 unspecified atom stereocenters. The average molecular weight is 292 g/mol. The first-order chi connectivity index (χ1) is 9.15. The van der Waals surface area contributed by atoms with Gasteiger partial charge in [0.05, 0.1) is 11.3 Å². The molecule has 0 fully saturated rings. The Morgan fingerprint density at radius 2 is 1.85 bits per heavy atom. The van der Waals surface area contributed by atoms with Crippen LogP contribution < -0.4 is 11.1 Å². The molecule has 0 aliphatic heterocycles. The summed E-state index contributed by atoms with van der Waals surface area (Å²) < 4.78 is 50.9. The molecule has 20 heavy (non-hydrogen) atoms. The van der Waals surface area contributed by atoms with Crippen LogP contribution >= 0.6 is 0 Å². The third-order valence-electron chi connectivity index (χ3n) is 3.11. The first-order valence-corrected chi connectivity index (χ1v) is 6.46. The quantitative estimate of drug-likeness (QED) is 0.777. The number of rotatable bonds is 6. The summed E-state index contributed by atoms with van der Waals surface area (Å²) in [6.45, 7) is 5.04. The molecule has 0 aliphatic rings. The predicted octanol–water partition coefficient (Wildman–Crippen LogP) is 4.02. The third-order valence-corrected chi connectivity index (χ3v) is 3.11. The molecule has 0 aliphatic carbocycles. The molecule has 1 aromatic carbocycles. The van der Waals surface area contributed by atoms with Crippen molar-refractivity contribution in [2.45, 2.75) is 32.9 Å². The van der Waals surface area contributed by atoms with Gasteiger partial charge in [-0.3, -0.25) is 0 Å². The van der Waals surface area contributed by atoms with E-state index in [0.717, 1.165) is 25.0 Å². The molecule has 0 saturated carbocycles. The number of nitrogens with one attached hydrogen (secondary N) is 1. The molecule has 0 atom stereocenters. The minimum absolute atomic E-state index is 0.0822. The monoisotopic (exact) mass is 292 g/mol. The minimum atomic E-state index is -4.53. The van der Waals surface area contributed by atoms with Gasteiger partial charge < -0.3 is 11.1 Å². The summed E-state index contributed by atoms with van der Waals surface area (Å²) in [6.07, 6.45) is -2.82. The Labute approximate surface area is 116 Å². The van der Waals surface area contributed by atoms with E-state index >= 15 is 0 Å². The molecule has 2 nitrogen and oxygen atoms in total. The lowest BCUT2D eigenvalue weighted by molar-refractivity contribution is -0.137. The van der Waals surface area contributed by atoms with Crippen LogP contribution in [0, 0.1) is 11.2 Å². The van der Waals surface area contributed by atoms with Gasteiger partial charge in [-0.05, 0) is 43.0 Å². The lowest BCUT2D eigenvalue weighted by Crippen LogP contribution is -2.24. The van der Waals surface area contributed by atoms with Gasteiger partial charge in [-0.1, -0.05) is 13.8 Å². The standard InChI is InChI=1S/C14H20F4N2/c1-13(2,6-3-7-19)9-20-12-5-4-10(8-11(12)15)14(16,17)18/h4-5,8,20H,3,6-7,9,19H2,1-2H3. The van der Waals surface area contributed by atoms with E-state index < -0.39 is 17.6 Å². The van der Waals surface area contributed by atoms with Crippen LogP contribution in [0.5, 0.6) is 0 Å². The zero-order chi connectivity index (χ0) is 15.4. The lowest BCUT2D eigenvalue weighted by atomic mass is 9.87. The fourth-order valence-electron chi connectivity index (χ4n) is 1.84. The first-order valence-electron chi connectivity index (χ1n) is 6.46. The highest BCUT2D eigenvalue weighted by Gasteiger charge is 2.31. The number of benzene rings is 1. The number of alkyl halides is 3. The summed E-state index contributed by atoms with van der Waals surface area (Å²) in [5.41, 5.74) is 4.43. The molecule has 0 amide bonds. The Balaban J connectivity index is 2.70. The van der Waals surface area contributed by atoms with Gasteiger partial charge in [-0.25, -0.2) is 4.39 Å². The molecule has 3 N–H and O–H groups in total. The van der Waals surface area contributed by atoms with Crippen molar-refractivity contribution in [3.63, 3.8) is 0 Å². The van der Waals surface area contributed by atoms with E-state index in [4.69, 9.17) is 5.73 Å². The average Bonchev–Trinajstić information content (AvgIpc) is 2.34. The molecule has 114 valence electrons. The van der Waals surface area contributed by atoms with Gasteiger partial charge in [0.2, 0.25) is 0 Å². The number of anilines is 1. The van der Waals surface area contributed by atoms with Crippen molar-refractivity contribution in [2.24, 2.45) is 11.1 Å². The van der Waals surface area contributed by atoms with Crippen LogP contribution in [0.2, 0.25) is 0 Å². The van der Waals surface area contributed by atoms with E-state index in [1.165, 1.54) is 0 Å². The molecule has 0 bridgehead atoms. The van der Waals surface area contributed by atoms with Crippen molar-refractivity contribution in [3.8, 4) is 0 Å². The maximum atomic E-state index is 13.6. The summed E-state index contributed by atoms with van der Waals surface area (Å²) in [5, 5.41) is 2.86. The van der Waals surface area contributed by atoms with Crippen molar-refractivity contribution in [1.82, 2.24) is 0 Å². The minimum Gasteiger partial charge on any atom is -0.382 e.